The Kier molecular flexibility index (Phi) is 6.06. The fourth-order valence-corrected chi connectivity index (χ4v) is 3.38. The van der Waals surface area contributed by atoms with Crippen molar-refractivity contribution in [3.05, 3.63) is 80.8 Å². The van der Waals surface area contributed by atoms with Crippen LogP contribution in [0.15, 0.2) is 48.5 Å². The number of amides is 1. The van der Waals surface area contributed by atoms with E-state index in [1.54, 1.807) is 37.3 Å². The molecular formula is C22H16Cl2N2O4. The van der Waals surface area contributed by atoms with Crippen molar-refractivity contribution in [2.45, 2.75) is 12.8 Å². The first-order chi connectivity index (χ1) is 14.2. The van der Waals surface area contributed by atoms with E-state index in [9.17, 15) is 25.4 Å². The summed E-state index contributed by atoms with van der Waals surface area (Å²) in [6.07, 6.45) is 0. The topological polar surface area (TPSA) is 114 Å². The number of nitriles is 1. The average molecular weight is 443 g/mol. The van der Waals surface area contributed by atoms with Gasteiger partial charge in [0.1, 0.15) is 0 Å². The Labute approximate surface area is 182 Å². The molecule has 0 aromatic heterocycles. The summed E-state index contributed by atoms with van der Waals surface area (Å²) in [6, 6.07) is 14.6. The Morgan fingerprint density at radius 2 is 1.70 bits per heavy atom. The number of nitrogens with one attached hydrogen (secondary N) is 1. The molecule has 3 aromatic rings. The quantitative estimate of drug-likeness (QED) is 0.407. The van der Waals surface area contributed by atoms with E-state index < -0.39 is 29.1 Å². The highest BCUT2D eigenvalue weighted by atomic mass is 35.5. The first-order valence-electron chi connectivity index (χ1n) is 8.73. The molecule has 0 radical (unpaired) electrons. The fraction of sp³-hybridized carbons (Fsp3) is 0.0909. The summed E-state index contributed by atoms with van der Waals surface area (Å²) in [5.41, 5.74) is 2.08. The number of aryl methyl sites for hydroxylation is 1. The molecule has 0 aliphatic heterocycles. The van der Waals surface area contributed by atoms with E-state index in [1.165, 1.54) is 12.1 Å². The molecule has 0 heterocycles. The van der Waals surface area contributed by atoms with E-state index >= 15 is 0 Å². The molecule has 152 valence electrons. The molecular weight excluding hydrogens is 427 g/mol. The van der Waals surface area contributed by atoms with Crippen molar-refractivity contribution in [1.82, 2.24) is 0 Å². The average Bonchev–Trinajstić information content (AvgIpc) is 2.71. The standard InChI is InChI=1S/C22H16Cl2N2O4/c1-11-8-15(16(10-25)12-2-4-13(23)5-3-12)17(24)9-18(11)26-22(30)14-6-7-19(27)21(29)20(14)28/h2-9,16,27-29H,1H3,(H,26,30). The zero-order valence-corrected chi connectivity index (χ0v) is 17.2. The Morgan fingerprint density at radius 3 is 2.33 bits per heavy atom. The van der Waals surface area contributed by atoms with E-state index in [-0.39, 0.29) is 10.6 Å². The number of rotatable bonds is 4. The number of hydrogen-bond acceptors (Lipinski definition) is 5. The summed E-state index contributed by atoms with van der Waals surface area (Å²) in [4.78, 5) is 12.5. The Hall–Kier alpha value is -3.40. The van der Waals surface area contributed by atoms with Gasteiger partial charge in [0.2, 0.25) is 5.75 Å². The lowest BCUT2D eigenvalue weighted by Gasteiger charge is -2.16. The molecule has 0 aliphatic rings. The SMILES string of the molecule is Cc1cc(C(C#N)c2ccc(Cl)cc2)c(Cl)cc1NC(=O)c1ccc(O)c(O)c1O. The van der Waals surface area contributed by atoms with E-state index in [0.717, 1.165) is 11.6 Å². The minimum absolute atomic E-state index is 0.221. The summed E-state index contributed by atoms with van der Waals surface area (Å²) in [5.74, 6) is -3.40. The molecule has 1 atom stereocenters. The molecule has 8 heteroatoms. The number of phenolic OH excluding ortho intramolecular Hbond substituents is 3. The maximum absolute atomic E-state index is 12.5. The lowest BCUT2D eigenvalue weighted by Crippen LogP contribution is -2.13. The highest BCUT2D eigenvalue weighted by Gasteiger charge is 2.21. The molecule has 30 heavy (non-hydrogen) atoms. The second kappa shape index (κ2) is 8.54. The number of hydrogen-bond donors (Lipinski definition) is 4. The van der Waals surface area contributed by atoms with E-state index in [2.05, 4.69) is 11.4 Å². The molecule has 0 spiro atoms. The van der Waals surface area contributed by atoms with Crippen LogP contribution in [0.3, 0.4) is 0 Å². The predicted octanol–water partition coefficient (Wildman–Crippen LogP) is 5.33. The molecule has 1 unspecified atom stereocenters. The fourth-order valence-electron chi connectivity index (χ4n) is 2.98. The van der Waals surface area contributed by atoms with Crippen LogP contribution in [0.25, 0.3) is 0 Å². The summed E-state index contributed by atoms with van der Waals surface area (Å²) in [5, 5.41) is 42.0. The van der Waals surface area contributed by atoms with Crippen LogP contribution in [0.2, 0.25) is 10.0 Å². The van der Waals surface area contributed by atoms with Crippen molar-refractivity contribution in [2.75, 3.05) is 5.32 Å². The van der Waals surface area contributed by atoms with Crippen molar-refractivity contribution in [2.24, 2.45) is 0 Å². The van der Waals surface area contributed by atoms with Gasteiger partial charge in [-0.15, -0.1) is 0 Å². The first-order valence-corrected chi connectivity index (χ1v) is 9.49. The van der Waals surface area contributed by atoms with Crippen LogP contribution in [0, 0.1) is 18.3 Å². The molecule has 0 saturated heterocycles. The number of aromatic hydroxyl groups is 3. The highest BCUT2D eigenvalue weighted by molar-refractivity contribution is 6.32. The first kappa shape index (κ1) is 21.3. The number of carbonyl (C=O) groups excluding carboxylic acids is 1. The van der Waals surface area contributed by atoms with Gasteiger partial charge in [-0.05, 0) is 53.9 Å². The van der Waals surface area contributed by atoms with Gasteiger partial charge in [0.25, 0.3) is 5.91 Å². The molecule has 0 saturated carbocycles. The second-order valence-electron chi connectivity index (χ2n) is 6.59. The molecule has 3 rings (SSSR count). The smallest absolute Gasteiger partial charge is 0.259 e. The third-order valence-corrected chi connectivity index (χ3v) is 5.19. The molecule has 0 bridgehead atoms. The van der Waals surface area contributed by atoms with Crippen LogP contribution in [0.1, 0.15) is 33.0 Å². The molecule has 3 aromatic carbocycles. The van der Waals surface area contributed by atoms with Crippen LogP contribution in [-0.2, 0) is 0 Å². The summed E-state index contributed by atoms with van der Waals surface area (Å²) in [7, 11) is 0. The van der Waals surface area contributed by atoms with E-state index in [0.29, 0.717) is 21.8 Å². The third kappa shape index (κ3) is 4.13. The molecule has 4 N–H and O–H groups in total. The lowest BCUT2D eigenvalue weighted by atomic mass is 9.91. The van der Waals surface area contributed by atoms with Crippen molar-refractivity contribution in [3.8, 4) is 23.3 Å². The normalized spacial score (nSPS) is 11.5. The summed E-state index contributed by atoms with van der Waals surface area (Å²) >= 11 is 12.3. The van der Waals surface area contributed by atoms with Crippen LogP contribution in [0.4, 0.5) is 5.69 Å². The van der Waals surface area contributed by atoms with Crippen LogP contribution in [-0.4, -0.2) is 21.2 Å². The zero-order valence-electron chi connectivity index (χ0n) is 15.6. The van der Waals surface area contributed by atoms with Gasteiger partial charge in [-0.3, -0.25) is 4.79 Å². The van der Waals surface area contributed by atoms with Gasteiger partial charge < -0.3 is 20.6 Å². The van der Waals surface area contributed by atoms with Gasteiger partial charge in [0, 0.05) is 15.7 Å². The van der Waals surface area contributed by atoms with Crippen LogP contribution >= 0.6 is 23.2 Å². The largest absolute Gasteiger partial charge is 0.504 e. The zero-order chi connectivity index (χ0) is 22.0. The van der Waals surface area contributed by atoms with Gasteiger partial charge in [-0.1, -0.05) is 41.4 Å². The van der Waals surface area contributed by atoms with Crippen molar-refractivity contribution >= 4 is 34.8 Å². The highest BCUT2D eigenvalue weighted by Crippen LogP contribution is 2.38. The van der Waals surface area contributed by atoms with Crippen molar-refractivity contribution in [1.29, 1.82) is 5.26 Å². The number of nitrogens with zero attached hydrogens (tertiary/aromatic N) is 1. The monoisotopic (exact) mass is 442 g/mol. The minimum atomic E-state index is -0.785. The third-order valence-electron chi connectivity index (χ3n) is 4.61. The number of halogens is 2. The van der Waals surface area contributed by atoms with Gasteiger partial charge in [-0.2, -0.15) is 5.26 Å². The predicted molar refractivity (Wildman–Crippen MR) is 114 cm³/mol. The van der Waals surface area contributed by atoms with Crippen molar-refractivity contribution in [3.63, 3.8) is 0 Å². The van der Waals surface area contributed by atoms with Crippen LogP contribution < -0.4 is 5.32 Å². The summed E-state index contributed by atoms with van der Waals surface area (Å²) in [6.45, 7) is 1.74. The second-order valence-corrected chi connectivity index (χ2v) is 7.43. The van der Waals surface area contributed by atoms with E-state index in [4.69, 9.17) is 23.2 Å². The molecule has 6 nitrogen and oxygen atoms in total. The van der Waals surface area contributed by atoms with Crippen molar-refractivity contribution < 1.29 is 20.1 Å². The molecule has 1 amide bonds. The maximum Gasteiger partial charge on any atom is 0.259 e. The van der Waals surface area contributed by atoms with Gasteiger partial charge >= 0.3 is 0 Å². The molecule has 0 aliphatic carbocycles. The number of anilines is 1. The number of benzene rings is 3. The Bertz CT molecular complexity index is 1170. The number of carbonyl (C=O) groups is 1. The maximum atomic E-state index is 12.5. The van der Waals surface area contributed by atoms with Gasteiger partial charge in [0.15, 0.2) is 11.5 Å². The van der Waals surface area contributed by atoms with E-state index in [1.807, 2.05) is 0 Å². The van der Waals surface area contributed by atoms with Gasteiger partial charge in [-0.25, -0.2) is 0 Å². The number of phenols is 3. The Morgan fingerprint density at radius 1 is 1.03 bits per heavy atom. The minimum Gasteiger partial charge on any atom is -0.504 e. The Balaban J connectivity index is 1.93. The van der Waals surface area contributed by atoms with Crippen LogP contribution in [0.5, 0.6) is 17.2 Å². The summed E-state index contributed by atoms with van der Waals surface area (Å²) < 4.78 is 0. The van der Waals surface area contributed by atoms with Gasteiger partial charge in [0.05, 0.1) is 17.6 Å². The molecule has 0 fully saturated rings. The lowest BCUT2D eigenvalue weighted by molar-refractivity contribution is 0.102.